The maximum Gasteiger partial charge on any atom is 0.244 e. The molecule has 1 aliphatic heterocycles. The fraction of sp³-hybridized carbons (Fsp3) is 0.368. The molecule has 3 rings (SSSR count). The molecule has 0 aliphatic carbocycles. The highest BCUT2D eigenvalue weighted by Crippen LogP contribution is 2.16. The monoisotopic (exact) mass is 368 g/mol. The van der Waals surface area contributed by atoms with Crippen molar-refractivity contribution in [1.82, 2.24) is 14.9 Å². The Kier molecular flexibility index (Phi) is 5.85. The molecule has 2 aromatic rings. The van der Waals surface area contributed by atoms with Crippen LogP contribution >= 0.6 is 0 Å². The van der Waals surface area contributed by atoms with Crippen LogP contribution in [-0.2, 0) is 9.59 Å². The molecule has 0 bridgehead atoms. The summed E-state index contributed by atoms with van der Waals surface area (Å²) in [5, 5.41) is 5.94. The molecule has 0 spiro atoms. The number of anilines is 3. The van der Waals surface area contributed by atoms with Crippen LogP contribution in [0.15, 0.2) is 42.7 Å². The Bertz CT molecular complexity index is 773. The topological polar surface area (TPSA) is 90.5 Å². The van der Waals surface area contributed by atoms with Crippen molar-refractivity contribution in [3.05, 3.63) is 42.7 Å². The highest BCUT2D eigenvalue weighted by Gasteiger charge is 2.25. The smallest absolute Gasteiger partial charge is 0.244 e. The molecule has 2 N–H and O–H groups in total. The van der Waals surface area contributed by atoms with E-state index in [0.29, 0.717) is 32.1 Å². The Morgan fingerprint density at radius 1 is 1.00 bits per heavy atom. The number of aromatic nitrogens is 2. The number of hydrogen-bond acceptors (Lipinski definition) is 6. The van der Waals surface area contributed by atoms with Gasteiger partial charge in [-0.3, -0.25) is 9.59 Å². The summed E-state index contributed by atoms with van der Waals surface area (Å²) in [4.78, 5) is 36.3. The van der Waals surface area contributed by atoms with Crippen LogP contribution in [0.25, 0.3) is 0 Å². The summed E-state index contributed by atoms with van der Waals surface area (Å²) >= 11 is 0. The number of carbonyl (C=O) groups excluding carboxylic acids is 2. The van der Waals surface area contributed by atoms with Gasteiger partial charge in [0.05, 0.1) is 0 Å². The van der Waals surface area contributed by atoms with Crippen molar-refractivity contribution < 1.29 is 9.59 Å². The number of carbonyl (C=O) groups is 2. The molecule has 1 saturated heterocycles. The van der Waals surface area contributed by atoms with E-state index < -0.39 is 0 Å². The first-order valence-corrected chi connectivity index (χ1v) is 8.98. The van der Waals surface area contributed by atoms with E-state index in [2.05, 4.69) is 25.5 Å². The van der Waals surface area contributed by atoms with Gasteiger partial charge < -0.3 is 20.4 Å². The zero-order chi connectivity index (χ0) is 19.2. The van der Waals surface area contributed by atoms with Gasteiger partial charge in [-0.15, -0.1) is 0 Å². The normalized spacial score (nSPS) is 15.2. The van der Waals surface area contributed by atoms with Crippen molar-refractivity contribution in [3.63, 3.8) is 0 Å². The van der Waals surface area contributed by atoms with Crippen molar-refractivity contribution in [3.8, 4) is 0 Å². The first-order chi connectivity index (χ1) is 13.0. The number of piperazine rings is 1. The van der Waals surface area contributed by atoms with Gasteiger partial charge in [0.1, 0.15) is 6.04 Å². The average Bonchev–Trinajstić information content (AvgIpc) is 2.69. The Morgan fingerprint density at radius 3 is 2.19 bits per heavy atom. The fourth-order valence-corrected chi connectivity index (χ4v) is 3.02. The molecule has 1 atom stereocenters. The number of amides is 2. The van der Waals surface area contributed by atoms with Crippen molar-refractivity contribution in [2.45, 2.75) is 19.9 Å². The molecule has 1 aromatic heterocycles. The molecule has 2 amide bonds. The third-order valence-corrected chi connectivity index (χ3v) is 4.39. The van der Waals surface area contributed by atoms with Gasteiger partial charge >= 0.3 is 0 Å². The number of rotatable bonds is 5. The van der Waals surface area contributed by atoms with E-state index in [-0.39, 0.29) is 17.9 Å². The van der Waals surface area contributed by atoms with Gasteiger partial charge in [-0.1, -0.05) is 0 Å². The van der Waals surface area contributed by atoms with Crippen LogP contribution in [0.4, 0.5) is 17.3 Å². The number of benzene rings is 1. The molecule has 142 valence electrons. The Morgan fingerprint density at radius 2 is 1.59 bits per heavy atom. The van der Waals surface area contributed by atoms with Gasteiger partial charge in [0, 0.05) is 56.9 Å². The summed E-state index contributed by atoms with van der Waals surface area (Å²) in [6.45, 7) is 6.05. The lowest BCUT2D eigenvalue weighted by Crippen LogP contribution is -2.52. The fourth-order valence-electron chi connectivity index (χ4n) is 3.02. The van der Waals surface area contributed by atoms with Gasteiger partial charge in [-0.05, 0) is 37.3 Å². The molecule has 1 aromatic carbocycles. The molecular weight excluding hydrogens is 344 g/mol. The second-order valence-corrected chi connectivity index (χ2v) is 6.49. The minimum Gasteiger partial charge on any atom is -0.374 e. The zero-order valence-corrected chi connectivity index (χ0v) is 15.6. The highest BCUT2D eigenvalue weighted by atomic mass is 16.2. The third-order valence-electron chi connectivity index (χ3n) is 4.39. The predicted molar refractivity (Wildman–Crippen MR) is 105 cm³/mol. The average molecular weight is 368 g/mol. The summed E-state index contributed by atoms with van der Waals surface area (Å²) in [6.07, 6.45) is 3.45. The number of nitrogens with zero attached hydrogens (tertiary/aromatic N) is 4. The largest absolute Gasteiger partial charge is 0.374 e. The molecular formula is C19H24N6O2. The number of nitrogens with one attached hydrogen (secondary N) is 2. The van der Waals surface area contributed by atoms with Gasteiger partial charge in [-0.25, -0.2) is 9.97 Å². The first-order valence-electron chi connectivity index (χ1n) is 8.98. The first kappa shape index (κ1) is 18.6. The van der Waals surface area contributed by atoms with E-state index in [4.69, 9.17) is 0 Å². The van der Waals surface area contributed by atoms with Crippen LogP contribution in [0.3, 0.4) is 0 Å². The van der Waals surface area contributed by atoms with Crippen LogP contribution in [0.5, 0.6) is 0 Å². The summed E-state index contributed by atoms with van der Waals surface area (Å²) in [5.41, 5.74) is 1.56. The maximum atomic E-state index is 12.7. The maximum absolute atomic E-state index is 12.7. The van der Waals surface area contributed by atoms with E-state index in [0.717, 1.165) is 11.4 Å². The number of hydrogen-bond donors (Lipinski definition) is 2. The molecule has 8 nitrogen and oxygen atoms in total. The second-order valence-electron chi connectivity index (χ2n) is 6.49. The SMILES string of the molecule is CC(=O)Nc1ccc(NC(C)C(=O)N2CCN(c3ncccn3)CC2)cc1. The van der Waals surface area contributed by atoms with Crippen molar-refractivity contribution in [2.75, 3.05) is 41.7 Å². The Balaban J connectivity index is 1.51. The molecule has 1 fully saturated rings. The van der Waals surface area contributed by atoms with Crippen LogP contribution < -0.4 is 15.5 Å². The lowest BCUT2D eigenvalue weighted by atomic mass is 10.2. The zero-order valence-electron chi connectivity index (χ0n) is 15.6. The molecule has 2 heterocycles. The van der Waals surface area contributed by atoms with Gasteiger partial charge in [0.15, 0.2) is 0 Å². The second kappa shape index (κ2) is 8.48. The molecule has 27 heavy (non-hydrogen) atoms. The lowest BCUT2D eigenvalue weighted by molar-refractivity contribution is -0.132. The minimum atomic E-state index is -0.337. The van der Waals surface area contributed by atoms with E-state index in [9.17, 15) is 9.59 Å². The summed E-state index contributed by atoms with van der Waals surface area (Å²) in [5.74, 6) is 0.656. The van der Waals surface area contributed by atoms with E-state index in [1.165, 1.54) is 6.92 Å². The Labute approximate surface area is 158 Å². The van der Waals surface area contributed by atoms with E-state index in [1.54, 1.807) is 30.6 Å². The highest BCUT2D eigenvalue weighted by molar-refractivity contribution is 5.89. The third kappa shape index (κ3) is 4.93. The minimum absolute atomic E-state index is 0.0644. The Hall–Kier alpha value is -3.16. The summed E-state index contributed by atoms with van der Waals surface area (Å²) in [7, 11) is 0. The predicted octanol–water partition coefficient (Wildman–Crippen LogP) is 1.58. The van der Waals surface area contributed by atoms with Gasteiger partial charge in [0.25, 0.3) is 0 Å². The summed E-state index contributed by atoms with van der Waals surface area (Å²) < 4.78 is 0. The van der Waals surface area contributed by atoms with E-state index in [1.807, 2.05) is 24.0 Å². The standard InChI is InChI=1S/C19H24N6O2/c1-14(22-16-4-6-17(7-5-16)23-15(2)26)18(27)24-10-12-25(13-11-24)19-20-8-3-9-21-19/h3-9,14,22H,10-13H2,1-2H3,(H,23,26). The van der Waals surface area contributed by atoms with E-state index >= 15 is 0 Å². The van der Waals surface area contributed by atoms with Gasteiger partial charge in [0.2, 0.25) is 17.8 Å². The summed E-state index contributed by atoms with van der Waals surface area (Å²) in [6, 6.07) is 8.76. The van der Waals surface area contributed by atoms with Crippen LogP contribution in [0, 0.1) is 0 Å². The lowest BCUT2D eigenvalue weighted by Gasteiger charge is -2.36. The van der Waals surface area contributed by atoms with Crippen molar-refractivity contribution in [2.24, 2.45) is 0 Å². The van der Waals surface area contributed by atoms with Crippen molar-refractivity contribution >= 4 is 29.1 Å². The van der Waals surface area contributed by atoms with Crippen molar-refractivity contribution in [1.29, 1.82) is 0 Å². The van der Waals surface area contributed by atoms with Crippen LogP contribution in [0.1, 0.15) is 13.8 Å². The molecule has 8 heteroatoms. The van der Waals surface area contributed by atoms with Gasteiger partial charge in [-0.2, -0.15) is 0 Å². The molecule has 1 unspecified atom stereocenters. The van der Waals surface area contributed by atoms with Crippen LogP contribution in [-0.4, -0.2) is 58.9 Å². The molecule has 1 aliphatic rings. The quantitative estimate of drug-likeness (QED) is 0.833. The molecule has 0 saturated carbocycles. The molecule has 0 radical (unpaired) electrons. The van der Waals surface area contributed by atoms with Crippen LogP contribution in [0.2, 0.25) is 0 Å².